The summed E-state index contributed by atoms with van der Waals surface area (Å²) in [5, 5.41) is 2.56. The molecule has 64 valence electrons. The van der Waals surface area contributed by atoms with Gasteiger partial charge >= 0.3 is 0 Å². The minimum Gasteiger partial charge on any atom is -0.264 e. The highest BCUT2D eigenvalue weighted by Crippen LogP contribution is 2.40. The highest BCUT2D eigenvalue weighted by Gasteiger charge is 2.23. The second kappa shape index (κ2) is 2.56. The summed E-state index contributed by atoms with van der Waals surface area (Å²) in [6.07, 6.45) is 6.53. The van der Waals surface area contributed by atoms with E-state index >= 15 is 0 Å². The lowest BCUT2D eigenvalue weighted by Gasteiger charge is -2.00. The Labute approximate surface area is 77.4 Å². The van der Waals surface area contributed by atoms with E-state index in [4.69, 9.17) is 0 Å². The molecule has 2 aromatic rings. The average molecular weight is 169 g/mol. The van der Waals surface area contributed by atoms with Gasteiger partial charge in [-0.15, -0.1) is 0 Å². The number of pyridine rings is 1. The fourth-order valence-corrected chi connectivity index (χ4v) is 1.77. The van der Waals surface area contributed by atoms with Crippen LogP contribution in [0.3, 0.4) is 0 Å². The van der Waals surface area contributed by atoms with Crippen molar-refractivity contribution in [1.29, 1.82) is 0 Å². The standard InChI is InChI=1S/C12H11N/c1-2-9(1)11-4-3-10-5-6-13-8-12(10)7-11/h3-9H,1-2H2. The Morgan fingerprint density at radius 1 is 1.08 bits per heavy atom. The molecule has 1 saturated carbocycles. The minimum absolute atomic E-state index is 0.838. The van der Waals surface area contributed by atoms with Crippen LogP contribution in [0.4, 0.5) is 0 Å². The molecule has 0 aliphatic heterocycles. The van der Waals surface area contributed by atoms with Crippen molar-refractivity contribution in [3.05, 3.63) is 42.2 Å². The van der Waals surface area contributed by atoms with Crippen LogP contribution in [-0.4, -0.2) is 4.98 Å². The molecule has 0 unspecified atom stereocenters. The number of fused-ring (bicyclic) bond motifs is 1. The first kappa shape index (κ1) is 7.07. The van der Waals surface area contributed by atoms with Gasteiger partial charge in [0.1, 0.15) is 0 Å². The maximum Gasteiger partial charge on any atom is 0.0346 e. The molecule has 1 heteroatoms. The summed E-state index contributed by atoms with van der Waals surface area (Å²) in [4.78, 5) is 4.13. The lowest BCUT2D eigenvalue weighted by molar-refractivity contribution is 1.14. The van der Waals surface area contributed by atoms with Crippen LogP contribution in [0.1, 0.15) is 24.3 Å². The first-order chi connectivity index (χ1) is 6.43. The van der Waals surface area contributed by atoms with Gasteiger partial charge in [0.05, 0.1) is 0 Å². The van der Waals surface area contributed by atoms with Crippen LogP contribution in [0.5, 0.6) is 0 Å². The minimum atomic E-state index is 0.838. The maximum atomic E-state index is 4.13. The quantitative estimate of drug-likeness (QED) is 0.639. The van der Waals surface area contributed by atoms with Gasteiger partial charge in [0, 0.05) is 17.8 Å². The topological polar surface area (TPSA) is 12.9 Å². The average Bonchev–Trinajstić information content (AvgIpc) is 3.00. The fourth-order valence-electron chi connectivity index (χ4n) is 1.77. The Kier molecular flexibility index (Phi) is 1.39. The zero-order valence-corrected chi connectivity index (χ0v) is 7.40. The summed E-state index contributed by atoms with van der Waals surface area (Å²) in [6.45, 7) is 0. The Morgan fingerprint density at radius 2 is 2.00 bits per heavy atom. The van der Waals surface area contributed by atoms with Crippen LogP contribution in [0.25, 0.3) is 10.8 Å². The van der Waals surface area contributed by atoms with Gasteiger partial charge in [0.25, 0.3) is 0 Å². The molecule has 1 aromatic carbocycles. The molecule has 3 rings (SSSR count). The molecule has 0 spiro atoms. The third-order valence-electron chi connectivity index (χ3n) is 2.71. The lowest BCUT2D eigenvalue weighted by atomic mass is 10.1. The third-order valence-corrected chi connectivity index (χ3v) is 2.71. The van der Waals surface area contributed by atoms with Crippen molar-refractivity contribution in [3.63, 3.8) is 0 Å². The molecule has 0 atom stereocenters. The summed E-state index contributed by atoms with van der Waals surface area (Å²) in [7, 11) is 0. The monoisotopic (exact) mass is 169 g/mol. The zero-order valence-electron chi connectivity index (χ0n) is 7.40. The van der Waals surface area contributed by atoms with Crippen molar-refractivity contribution in [2.45, 2.75) is 18.8 Å². The van der Waals surface area contributed by atoms with E-state index in [9.17, 15) is 0 Å². The summed E-state index contributed by atoms with van der Waals surface area (Å²) in [5.41, 5.74) is 1.49. The van der Waals surface area contributed by atoms with Gasteiger partial charge < -0.3 is 0 Å². The number of nitrogens with zero attached hydrogens (tertiary/aromatic N) is 1. The van der Waals surface area contributed by atoms with Gasteiger partial charge in [-0.25, -0.2) is 0 Å². The Balaban J connectivity index is 2.21. The summed E-state index contributed by atoms with van der Waals surface area (Å²) >= 11 is 0. The predicted molar refractivity (Wildman–Crippen MR) is 53.7 cm³/mol. The van der Waals surface area contributed by atoms with E-state index in [1.807, 2.05) is 12.4 Å². The SMILES string of the molecule is c1cc2ccc(C3CC3)cc2cn1. The van der Waals surface area contributed by atoms with Gasteiger partial charge in [-0.3, -0.25) is 4.98 Å². The van der Waals surface area contributed by atoms with E-state index in [0.29, 0.717) is 0 Å². The molecule has 0 N–H and O–H groups in total. The fraction of sp³-hybridized carbons (Fsp3) is 0.250. The molecular formula is C12H11N. The smallest absolute Gasteiger partial charge is 0.0346 e. The van der Waals surface area contributed by atoms with Crippen molar-refractivity contribution < 1.29 is 0 Å². The largest absolute Gasteiger partial charge is 0.264 e. The Bertz CT molecular complexity index is 444. The Morgan fingerprint density at radius 3 is 2.85 bits per heavy atom. The second-order valence-corrected chi connectivity index (χ2v) is 3.76. The molecule has 1 nitrogen and oxygen atoms in total. The normalized spacial score (nSPS) is 16.3. The van der Waals surface area contributed by atoms with Crippen molar-refractivity contribution in [3.8, 4) is 0 Å². The van der Waals surface area contributed by atoms with Crippen molar-refractivity contribution in [2.75, 3.05) is 0 Å². The van der Waals surface area contributed by atoms with E-state index in [0.717, 1.165) is 5.92 Å². The van der Waals surface area contributed by atoms with E-state index in [-0.39, 0.29) is 0 Å². The molecule has 13 heavy (non-hydrogen) atoms. The van der Waals surface area contributed by atoms with Gasteiger partial charge in [0.2, 0.25) is 0 Å². The molecule has 1 aliphatic rings. The first-order valence-corrected chi connectivity index (χ1v) is 4.77. The zero-order chi connectivity index (χ0) is 8.67. The number of benzene rings is 1. The van der Waals surface area contributed by atoms with Crippen LogP contribution in [0, 0.1) is 0 Å². The van der Waals surface area contributed by atoms with Crippen LogP contribution >= 0.6 is 0 Å². The second-order valence-electron chi connectivity index (χ2n) is 3.76. The maximum absolute atomic E-state index is 4.13. The molecule has 1 aromatic heterocycles. The van der Waals surface area contributed by atoms with Crippen LogP contribution in [-0.2, 0) is 0 Å². The van der Waals surface area contributed by atoms with Gasteiger partial charge in [-0.1, -0.05) is 12.1 Å². The molecule has 1 heterocycles. The highest BCUT2D eigenvalue weighted by molar-refractivity contribution is 5.82. The van der Waals surface area contributed by atoms with Crippen molar-refractivity contribution in [2.24, 2.45) is 0 Å². The number of rotatable bonds is 1. The van der Waals surface area contributed by atoms with Crippen LogP contribution in [0.2, 0.25) is 0 Å². The lowest BCUT2D eigenvalue weighted by Crippen LogP contribution is -1.80. The molecule has 0 bridgehead atoms. The predicted octanol–water partition coefficient (Wildman–Crippen LogP) is 3.11. The highest BCUT2D eigenvalue weighted by atomic mass is 14.6. The number of aromatic nitrogens is 1. The first-order valence-electron chi connectivity index (χ1n) is 4.77. The van der Waals surface area contributed by atoms with Gasteiger partial charge in [-0.05, 0) is 41.8 Å². The third kappa shape index (κ3) is 1.21. The van der Waals surface area contributed by atoms with Gasteiger partial charge in [0.15, 0.2) is 0 Å². The molecular weight excluding hydrogens is 158 g/mol. The molecule has 1 aliphatic carbocycles. The number of hydrogen-bond donors (Lipinski definition) is 0. The molecule has 1 fully saturated rings. The van der Waals surface area contributed by atoms with Crippen LogP contribution in [0.15, 0.2) is 36.7 Å². The molecule has 0 saturated heterocycles. The van der Waals surface area contributed by atoms with Crippen molar-refractivity contribution >= 4 is 10.8 Å². The van der Waals surface area contributed by atoms with Crippen molar-refractivity contribution in [1.82, 2.24) is 4.98 Å². The van der Waals surface area contributed by atoms with E-state index < -0.39 is 0 Å². The van der Waals surface area contributed by atoms with E-state index in [1.165, 1.54) is 29.2 Å². The molecule has 0 radical (unpaired) electrons. The summed E-state index contributed by atoms with van der Waals surface area (Å²) in [6, 6.07) is 8.79. The number of hydrogen-bond acceptors (Lipinski definition) is 1. The Hall–Kier alpha value is -1.37. The summed E-state index contributed by atoms with van der Waals surface area (Å²) < 4.78 is 0. The van der Waals surface area contributed by atoms with Crippen LogP contribution < -0.4 is 0 Å². The molecule has 0 amide bonds. The van der Waals surface area contributed by atoms with E-state index in [1.54, 1.807) is 0 Å². The van der Waals surface area contributed by atoms with Gasteiger partial charge in [-0.2, -0.15) is 0 Å². The van der Waals surface area contributed by atoms with E-state index in [2.05, 4.69) is 29.2 Å². The summed E-state index contributed by atoms with van der Waals surface area (Å²) in [5.74, 6) is 0.838.